The van der Waals surface area contributed by atoms with Gasteiger partial charge in [0.05, 0.1) is 24.3 Å². The minimum absolute atomic E-state index is 0.00389. The molecule has 1 aliphatic heterocycles. The van der Waals surface area contributed by atoms with Crippen molar-refractivity contribution in [2.75, 3.05) is 11.9 Å². The summed E-state index contributed by atoms with van der Waals surface area (Å²) in [5, 5.41) is 9.23. The molecule has 32 heavy (non-hydrogen) atoms. The number of amides is 4. The molecule has 0 unspecified atom stereocenters. The molecular formula is C23H22N4O5. The van der Waals surface area contributed by atoms with Crippen molar-refractivity contribution in [1.82, 2.24) is 15.4 Å². The number of anilines is 1. The Kier molecular flexibility index (Phi) is 5.89. The van der Waals surface area contributed by atoms with E-state index in [-0.39, 0.29) is 31.5 Å². The molecule has 0 radical (unpaired) electrons. The predicted octanol–water partition coefficient (Wildman–Crippen LogP) is 3.17. The first-order valence-electron chi connectivity index (χ1n) is 10.0. The van der Waals surface area contributed by atoms with Gasteiger partial charge in [-0.05, 0) is 49.7 Å². The first kappa shape index (κ1) is 21.1. The number of imide groups is 1. The summed E-state index contributed by atoms with van der Waals surface area (Å²) in [5.74, 6) is 0.659. The number of benzene rings is 2. The SMILES string of the molecule is Cc1noc(C)c1COc1cccc(C(=O)Nc2cccc(CN3C(=O)CNC3=O)c2)c1. The van der Waals surface area contributed by atoms with Gasteiger partial charge in [0.1, 0.15) is 18.1 Å². The van der Waals surface area contributed by atoms with Gasteiger partial charge in [0, 0.05) is 11.3 Å². The van der Waals surface area contributed by atoms with E-state index in [1.54, 1.807) is 48.5 Å². The summed E-state index contributed by atoms with van der Waals surface area (Å²) < 4.78 is 10.9. The van der Waals surface area contributed by atoms with Gasteiger partial charge in [0.2, 0.25) is 5.91 Å². The molecule has 9 heteroatoms. The summed E-state index contributed by atoms with van der Waals surface area (Å²) in [6.45, 7) is 4.10. The fraction of sp³-hybridized carbons (Fsp3) is 0.217. The number of hydrogen-bond acceptors (Lipinski definition) is 6. The molecule has 0 spiro atoms. The highest BCUT2D eigenvalue weighted by molar-refractivity contribution is 6.04. The number of hydrogen-bond donors (Lipinski definition) is 2. The highest BCUT2D eigenvalue weighted by atomic mass is 16.5. The van der Waals surface area contributed by atoms with Crippen molar-refractivity contribution in [2.45, 2.75) is 27.0 Å². The van der Waals surface area contributed by atoms with Crippen LogP contribution in [0.15, 0.2) is 53.1 Å². The molecule has 4 rings (SSSR count). The maximum absolute atomic E-state index is 12.7. The van der Waals surface area contributed by atoms with Gasteiger partial charge in [0.25, 0.3) is 5.91 Å². The maximum Gasteiger partial charge on any atom is 0.324 e. The van der Waals surface area contributed by atoms with Gasteiger partial charge >= 0.3 is 6.03 Å². The van der Waals surface area contributed by atoms with E-state index in [1.165, 1.54) is 0 Å². The summed E-state index contributed by atoms with van der Waals surface area (Å²) in [7, 11) is 0. The van der Waals surface area contributed by atoms with Gasteiger partial charge < -0.3 is 19.9 Å². The number of nitrogens with one attached hydrogen (secondary N) is 2. The van der Waals surface area contributed by atoms with E-state index < -0.39 is 6.03 Å². The monoisotopic (exact) mass is 434 g/mol. The van der Waals surface area contributed by atoms with Crippen molar-refractivity contribution in [3.05, 3.63) is 76.7 Å². The van der Waals surface area contributed by atoms with Gasteiger partial charge in [-0.25, -0.2) is 4.79 Å². The van der Waals surface area contributed by atoms with E-state index in [2.05, 4.69) is 15.8 Å². The van der Waals surface area contributed by atoms with Crippen LogP contribution in [0.4, 0.5) is 10.5 Å². The molecule has 2 N–H and O–H groups in total. The van der Waals surface area contributed by atoms with Crippen molar-refractivity contribution in [2.24, 2.45) is 0 Å². The van der Waals surface area contributed by atoms with Crippen LogP contribution in [0.25, 0.3) is 0 Å². The van der Waals surface area contributed by atoms with Crippen LogP contribution in [0.3, 0.4) is 0 Å². The highest BCUT2D eigenvalue weighted by Gasteiger charge is 2.28. The topological polar surface area (TPSA) is 114 Å². The van der Waals surface area contributed by atoms with E-state index in [4.69, 9.17) is 9.26 Å². The zero-order valence-corrected chi connectivity index (χ0v) is 17.7. The average Bonchev–Trinajstić information content (AvgIpc) is 3.28. The summed E-state index contributed by atoms with van der Waals surface area (Å²) >= 11 is 0. The lowest BCUT2D eigenvalue weighted by atomic mass is 10.1. The van der Waals surface area contributed by atoms with Crippen molar-refractivity contribution >= 4 is 23.5 Å². The third kappa shape index (κ3) is 4.61. The number of carbonyl (C=O) groups excluding carboxylic acids is 3. The second-order valence-electron chi connectivity index (χ2n) is 7.41. The molecule has 1 fully saturated rings. The number of ether oxygens (including phenoxy) is 1. The average molecular weight is 434 g/mol. The van der Waals surface area contributed by atoms with Gasteiger partial charge in [-0.3, -0.25) is 14.5 Å². The molecular weight excluding hydrogens is 412 g/mol. The number of aryl methyl sites for hydroxylation is 2. The van der Waals surface area contributed by atoms with Crippen molar-refractivity contribution in [1.29, 1.82) is 0 Å². The third-order valence-electron chi connectivity index (χ3n) is 5.12. The summed E-state index contributed by atoms with van der Waals surface area (Å²) in [5.41, 5.74) is 3.36. The van der Waals surface area contributed by atoms with Crippen LogP contribution in [0.5, 0.6) is 5.75 Å². The lowest BCUT2D eigenvalue weighted by molar-refractivity contribution is -0.125. The van der Waals surface area contributed by atoms with E-state index in [0.29, 0.717) is 22.8 Å². The summed E-state index contributed by atoms with van der Waals surface area (Å²) in [6.07, 6.45) is 0. The molecule has 4 amide bonds. The standard InChI is InChI=1S/C23H22N4O5/c1-14-20(15(2)32-26-14)13-31-19-8-4-6-17(10-19)22(29)25-18-7-3-5-16(9-18)12-27-21(28)11-24-23(27)30/h3-10H,11-13H2,1-2H3,(H,24,30)(H,25,29). The van der Waals surface area contributed by atoms with E-state index in [1.807, 2.05) is 13.8 Å². The third-order valence-corrected chi connectivity index (χ3v) is 5.12. The van der Waals surface area contributed by atoms with Crippen LogP contribution >= 0.6 is 0 Å². The van der Waals surface area contributed by atoms with Crippen LogP contribution in [0, 0.1) is 13.8 Å². The van der Waals surface area contributed by atoms with Crippen molar-refractivity contribution < 1.29 is 23.6 Å². The number of aromatic nitrogens is 1. The number of nitrogens with zero attached hydrogens (tertiary/aromatic N) is 2. The molecule has 0 aliphatic carbocycles. The number of urea groups is 1. The first-order chi connectivity index (χ1) is 15.4. The maximum atomic E-state index is 12.7. The minimum atomic E-state index is -0.419. The van der Waals surface area contributed by atoms with Crippen molar-refractivity contribution in [3.63, 3.8) is 0 Å². The molecule has 1 aliphatic rings. The normalized spacial score (nSPS) is 13.2. The van der Waals surface area contributed by atoms with Gasteiger partial charge in [0.15, 0.2) is 0 Å². The molecule has 0 atom stereocenters. The van der Waals surface area contributed by atoms with E-state index >= 15 is 0 Å². The Balaban J connectivity index is 1.41. The fourth-order valence-corrected chi connectivity index (χ4v) is 3.34. The molecule has 2 aromatic carbocycles. The summed E-state index contributed by atoms with van der Waals surface area (Å²) in [4.78, 5) is 37.4. The second kappa shape index (κ2) is 8.93. The van der Waals surface area contributed by atoms with Gasteiger partial charge in [-0.1, -0.05) is 23.4 Å². The Morgan fingerprint density at radius 2 is 2.00 bits per heavy atom. The van der Waals surface area contributed by atoms with Crippen LogP contribution in [0.1, 0.15) is 32.9 Å². The smallest absolute Gasteiger partial charge is 0.324 e. The predicted molar refractivity (Wildman–Crippen MR) is 115 cm³/mol. The molecule has 1 saturated heterocycles. The quantitative estimate of drug-likeness (QED) is 0.552. The first-order valence-corrected chi connectivity index (χ1v) is 10.0. The van der Waals surface area contributed by atoms with E-state index in [9.17, 15) is 14.4 Å². The van der Waals surface area contributed by atoms with Gasteiger partial charge in [-0.15, -0.1) is 0 Å². The zero-order chi connectivity index (χ0) is 22.7. The Bertz CT molecular complexity index is 1150. The zero-order valence-electron chi connectivity index (χ0n) is 17.7. The Labute approximate surface area is 184 Å². The second-order valence-corrected chi connectivity index (χ2v) is 7.41. The molecule has 9 nitrogen and oxygen atoms in total. The molecule has 3 aromatic rings. The van der Waals surface area contributed by atoms with Gasteiger partial charge in [-0.2, -0.15) is 0 Å². The lowest BCUT2D eigenvalue weighted by Crippen LogP contribution is -2.30. The largest absolute Gasteiger partial charge is 0.489 e. The number of carbonyl (C=O) groups is 3. The lowest BCUT2D eigenvalue weighted by Gasteiger charge is -2.13. The van der Waals surface area contributed by atoms with Crippen LogP contribution < -0.4 is 15.4 Å². The fourth-order valence-electron chi connectivity index (χ4n) is 3.34. The van der Waals surface area contributed by atoms with Crippen LogP contribution in [0.2, 0.25) is 0 Å². The molecule has 0 saturated carbocycles. The van der Waals surface area contributed by atoms with Crippen molar-refractivity contribution in [3.8, 4) is 5.75 Å². The Hall–Kier alpha value is -4.14. The van der Waals surface area contributed by atoms with Crippen LogP contribution in [-0.2, 0) is 17.9 Å². The molecule has 0 bridgehead atoms. The number of rotatable bonds is 7. The molecule has 2 heterocycles. The summed E-state index contributed by atoms with van der Waals surface area (Å²) in [6, 6.07) is 13.5. The Morgan fingerprint density at radius 3 is 2.72 bits per heavy atom. The van der Waals surface area contributed by atoms with Crippen LogP contribution in [-0.4, -0.2) is 34.4 Å². The molecule has 164 valence electrons. The minimum Gasteiger partial charge on any atom is -0.489 e. The highest BCUT2D eigenvalue weighted by Crippen LogP contribution is 2.20. The Morgan fingerprint density at radius 1 is 1.19 bits per heavy atom. The van der Waals surface area contributed by atoms with E-state index in [0.717, 1.165) is 21.7 Å². The molecule has 1 aromatic heterocycles.